The second-order valence-corrected chi connectivity index (χ2v) is 4.59. The van der Waals surface area contributed by atoms with Gasteiger partial charge < -0.3 is 10.1 Å². The van der Waals surface area contributed by atoms with Crippen molar-refractivity contribution in [2.45, 2.75) is 19.8 Å². The van der Waals surface area contributed by atoms with E-state index in [0.717, 1.165) is 12.8 Å². The van der Waals surface area contributed by atoms with Crippen molar-refractivity contribution >= 4 is 27.8 Å². The van der Waals surface area contributed by atoms with Crippen LogP contribution in [0.4, 0.5) is 0 Å². The average Bonchev–Trinajstić information content (AvgIpc) is 2.36. The van der Waals surface area contributed by atoms with E-state index in [1.54, 1.807) is 12.3 Å². The number of aromatic nitrogens is 1. The monoisotopic (exact) mass is 314 g/mol. The lowest BCUT2D eigenvalue weighted by molar-refractivity contribution is -0.124. The quantitative estimate of drug-likeness (QED) is 0.643. The third-order valence-corrected chi connectivity index (χ3v) is 2.56. The van der Waals surface area contributed by atoms with Gasteiger partial charge in [-0.2, -0.15) is 0 Å². The van der Waals surface area contributed by atoms with Gasteiger partial charge in [0.05, 0.1) is 5.56 Å². The third kappa shape index (κ3) is 5.27. The van der Waals surface area contributed by atoms with Gasteiger partial charge in [0, 0.05) is 23.4 Å². The lowest BCUT2D eigenvalue weighted by Gasteiger charge is -2.05. The first kappa shape index (κ1) is 14.6. The summed E-state index contributed by atoms with van der Waals surface area (Å²) in [6.45, 7) is 2.37. The summed E-state index contributed by atoms with van der Waals surface area (Å²) in [4.78, 5) is 26.7. The number of esters is 1. The van der Waals surface area contributed by atoms with E-state index in [1.165, 1.54) is 6.20 Å². The molecule has 98 valence electrons. The Morgan fingerprint density at radius 1 is 1.44 bits per heavy atom. The van der Waals surface area contributed by atoms with Crippen LogP contribution in [0.25, 0.3) is 0 Å². The molecule has 0 bridgehead atoms. The van der Waals surface area contributed by atoms with Crippen molar-refractivity contribution in [1.82, 2.24) is 10.3 Å². The zero-order valence-electron chi connectivity index (χ0n) is 10.1. The normalized spacial score (nSPS) is 9.89. The number of pyridine rings is 1. The van der Waals surface area contributed by atoms with Crippen LogP contribution >= 0.6 is 15.9 Å². The molecule has 0 atom stereocenters. The molecule has 0 aromatic carbocycles. The number of nitrogens with one attached hydrogen (secondary N) is 1. The van der Waals surface area contributed by atoms with Gasteiger partial charge in [0.15, 0.2) is 6.61 Å². The lowest BCUT2D eigenvalue weighted by Crippen LogP contribution is -2.29. The van der Waals surface area contributed by atoms with Gasteiger partial charge in [-0.1, -0.05) is 13.3 Å². The molecular weight excluding hydrogens is 300 g/mol. The van der Waals surface area contributed by atoms with Crippen LogP contribution in [0.3, 0.4) is 0 Å². The maximum Gasteiger partial charge on any atom is 0.340 e. The smallest absolute Gasteiger partial charge is 0.340 e. The first-order valence-corrected chi connectivity index (χ1v) is 6.47. The Kier molecular flexibility index (Phi) is 6.35. The molecule has 1 heterocycles. The van der Waals surface area contributed by atoms with E-state index in [2.05, 4.69) is 26.2 Å². The van der Waals surface area contributed by atoms with Crippen LogP contribution in [0.15, 0.2) is 22.9 Å². The molecular formula is C12H15BrN2O3. The summed E-state index contributed by atoms with van der Waals surface area (Å²) in [5.74, 6) is -0.853. The summed E-state index contributed by atoms with van der Waals surface area (Å²) in [7, 11) is 0. The van der Waals surface area contributed by atoms with Crippen LogP contribution < -0.4 is 5.32 Å². The van der Waals surface area contributed by atoms with Crippen LogP contribution in [0.1, 0.15) is 30.1 Å². The van der Waals surface area contributed by atoms with Crippen molar-refractivity contribution in [3.63, 3.8) is 0 Å². The minimum Gasteiger partial charge on any atom is -0.452 e. The van der Waals surface area contributed by atoms with Crippen molar-refractivity contribution in [3.8, 4) is 0 Å². The number of nitrogens with zero attached hydrogens (tertiary/aromatic N) is 1. The SMILES string of the molecule is CCCCNC(=O)COC(=O)c1cncc(Br)c1. The number of halogens is 1. The van der Waals surface area contributed by atoms with Gasteiger partial charge in [-0.15, -0.1) is 0 Å². The molecule has 0 aliphatic carbocycles. The third-order valence-electron chi connectivity index (χ3n) is 2.13. The van der Waals surface area contributed by atoms with Gasteiger partial charge in [-0.05, 0) is 28.4 Å². The molecule has 1 aromatic heterocycles. The Hall–Kier alpha value is -1.43. The van der Waals surface area contributed by atoms with Crippen LogP contribution in [0.2, 0.25) is 0 Å². The zero-order chi connectivity index (χ0) is 13.4. The van der Waals surface area contributed by atoms with Crippen LogP contribution in [-0.2, 0) is 9.53 Å². The molecule has 0 spiro atoms. The fourth-order valence-electron chi connectivity index (χ4n) is 1.19. The van der Waals surface area contributed by atoms with Gasteiger partial charge in [0.25, 0.3) is 5.91 Å². The number of ether oxygens (including phenoxy) is 1. The highest BCUT2D eigenvalue weighted by Crippen LogP contribution is 2.10. The molecule has 0 saturated carbocycles. The summed E-state index contributed by atoms with van der Waals surface area (Å²) in [6, 6.07) is 1.59. The predicted octanol–water partition coefficient (Wildman–Crippen LogP) is 1.92. The molecule has 1 N–H and O–H groups in total. The molecule has 1 amide bonds. The first-order valence-electron chi connectivity index (χ1n) is 5.68. The van der Waals surface area contributed by atoms with Crippen molar-refractivity contribution < 1.29 is 14.3 Å². The summed E-state index contributed by atoms with van der Waals surface area (Å²) in [6.07, 6.45) is 4.87. The van der Waals surface area contributed by atoms with Crippen molar-refractivity contribution in [1.29, 1.82) is 0 Å². The molecule has 0 aliphatic heterocycles. The molecule has 1 aromatic rings. The number of hydrogen-bond acceptors (Lipinski definition) is 4. The number of rotatable bonds is 6. The van der Waals surface area contributed by atoms with Gasteiger partial charge >= 0.3 is 5.97 Å². The molecule has 0 fully saturated rings. The van der Waals surface area contributed by atoms with E-state index in [-0.39, 0.29) is 12.5 Å². The summed E-state index contributed by atoms with van der Waals surface area (Å²) in [5.41, 5.74) is 0.311. The topological polar surface area (TPSA) is 68.3 Å². The van der Waals surface area contributed by atoms with E-state index in [0.29, 0.717) is 16.6 Å². The molecule has 0 radical (unpaired) electrons. The maximum atomic E-state index is 11.6. The van der Waals surface area contributed by atoms with Crippen LogP contribution in [-0.4, -0.2) is 30.0 Å². The van der Waals surface area contributed by atoms with Gasteiger partial charge in [0.1, 0.15) is 0 Å². The number of unbranched alkanes of at least 4 members (excludes halogenated alkanes) is 1. The summed E-state index contributed by atoms with van der Waals surface area (Å²) >= 11 is 3.20. The average molecular weight is 315 g/mol. The summed E-state index contributed by atoms with van der Waals surface area (Å²) < 4.78 is 5.55. The molecule has 6 heteroatoms. The minimum atomic E-state index is -0.561. The molecule has 0 unspecified atom stereocenters. The van der Waals surface area contributed by atoms with E-state index in [1.807, 2.05) is 6.92 Å². The standard InChI is InChI=1S/C12H15BrN2O3/c1-2-3-4-15-11(16)8-18-12(17)9-5-10(13)7-14-6-9/h5-7H,2-4,8H2,1H3,(H,15,16). The highest BCUT2D eigenvalue weighted by Gasteiger charge is 2.10. The van der Waals surface area contributed by atoms with Crippen molar-refractivity contribution in [3.05, 3.63) is 28.5 Å². The van der Waals surface area contributed by atoms with Gasteiger partial charge in [-0.25, -0.2) is 4.79 Å². The molecule has 5 nitrogen and oxygen atoms in total. The second kappa shape index (κ2) is 7.81. The number of carbonyl (C=O) groups excluding carboxylic acids is 2. The Morgan fingerprint density at radius 2 is 2.22 bits per heavy atom. The lowest BCUT2D eigenvalue weighted by atomic mass is 10.3. The van der Waals surface area contributed by atoms with Crippen LogP contribution in [0, 0.1) is 0 Å². The highest BCUT2D eigenvalue weighted by molar-refractivity contribution is 9.10. The minimum absolute atomic E-state index is 0.269. The molecule has 0 saturated heterocycles. The van der Waals surface area contributed by atoms with Gasteiger partial charge in [-0.3, -0.25) is 9.78 Å². The number of hydrogen-bond donors (Lipinski definition) is 1. The largest absolute Gasteiger partial charge is 0.452 e. The number of amides is 1. The number of carbonyl (C=O) groups is 2. The van der Waals surface area contributed by atoms with E-state index in [4.69, 9.17) is 4.74 Å². The molecule has 0 aliphatic rings. The Morgan fingerprint density at radius 3 is 2.89 bits per heavy atom. The predicted molar refractivity (Wildman–Crippen MR) is 70.1 cm³/mol. The van der Waals surface area contributed by atoms with Crippen molar-refractivity contribution in [2.75, 3.05) is 13.2 Å². The van der Waals surface area contributed by atoms with E-state index >= 15 is 0 Å². The molecule has 1 rings (SSSR count). The fourth-order valence-corrected chi connectivity index (χ4v) is 1.56. The molecule has 18 heavy (non-hydrogen) atoms. The zero-order valence-corrected chi connectivity index (χ0v) is 11.7. The van der Waals surface area contributed by atoms with Gasteiger partial charge in [0.2, 0.25) is 0 Å². The highest BCUT2D eigenvalue weighted by atomic mass is 79.9. The van der Waals surface area contributed by atoms with Crippen LogP contribution in [0.5, 0.6) is 0 Å². The Bertz CT molecular complexity index is 424. The summed E-state index contributed by atoms with van der Waals surface area (Å²) in [5, 5.41) is 2.66. The fraction of sp³-hybridized carbons (Fsp3) is 0.417. The van der Waals surface area contributed by atoms with Crippen molar-refractivity contribution in [2.24, 2.45) is 0 Å². The Balaban J connectivity index is 2.35. The maximum absolute atomic E-state index is 11.6. The first-order chi connectivity index (χ1) is 8.63. The second-order valence-electron chi connectivity index (χ2n) is 3.67. The van der Waals surface area contributed by atoms with E-state index in [9.17, 15) is 9.59 Å². The Labute approximate surface area is 114 Å². The van der Waals surface area contributed by atoms with E-state index < -0.39 is 5.97 Å².